The predicted octanol–water partition coefficient (Wildman–Crippen LogP) is 13.8. The van der Waals surface area contributed by atoms with Crippen LogP contribution in [0.1, 0.15) is 0 Å². The first kappa shape index (κ1) is 27.2. The lowest BCUT2D eigenvalue weighted by Gasteiger charge is -2.27. The maximum atomic E-state index is 2.44. The highest BCUT2D eigenvalue weighted by Crippen LogP contribution is 2.44. The summed E-state index contributed by atoms with van der Waals surface area (Å²) >= 11 is 1.86. The lowest BCUT2D eigenvalue weighted by Crippen LogP contribution is -2.10. The van der Waals surface area contributed by atoms with Crippen LogP contribution in [0.4, 0.5) is 17.1 Å². The van der Waals surface area contributed by atoms with Crippen molar-refractivity contribution in [3.8, 4) is 11.1 Å². The van der Waals surface area contributed by atoms with E-state index >= 15 is 0 Å². The van der Waals surface area contributed by atoms with Crippen LogP contribution < -0.4 is 4.90 Å². The highest BCUT2D eigenvalue weighted by atomic mass is 32.1. The van der Waals surface area contributed by atoms with Crippen LogP contribution in [0.2, 0.25) is 0 Å². The summed E-state index contributed by atoms with van der Waals surface area (Å²) in [6.45, 7) is 0. The molecule has 1 aromatic heterocycles. The Hall–Kier alpha value is -5.96. The molecular weight excluding hydrogens is 599 g/mol. The van der Waals surface area contributed by atoms with Gasteiger partial charge in [0.05, 0.1) is 5.69 Å². The first-order valence-corrected chi connectivity index (χ1v) is 17.2. The van der Waals surface area contributed by atoms with E-state index in [9.17, 15) is 0 Å². The van der Waals surface area contributed by atoms with Gasteiger partial charge in [-0.05, 0) is 91.3 Å². The molecule has 2 heteroatoms. The van der Waals surface area contributed by atoms with Gasteiger partial charge in [0.1, 0.15) is 0 Å². The van der Waals surface area contributed by atoms with Gasteiger partial charge in [0.15, 0.2) is 0 Å². The van der Waals surface area contributed by atoms with Crippen LogP contribution in [-0.4, -0.2) is 0 Å². The monoisotopic (exact) mass is 627 g/mol. The molecule has 0 bridgehead atoms. The van der Waals surface area contributed by atoms with E-state index in [1.807, 2.05) is 11.3 Å². The third-order valence-electron chi connectivity index (χ3n) is 9.85. The average molecular weight is 628 g/mol. The number of fused-ring (bicyclic) bond motifs is 9. The molecule has 1 heterocycles. The molecule has 0 unspecified atom stereocenters. The number of nitrogens with zero attached hydrogens (tertiary/aromatic N) is 1. The summed E-state index contributed by atoms with van der Waals surface area (Å²) in [5.41, 5.74) is 5.91. The second-order valence-corrected chi connectivity index (χ2v) is 13.6. The number of hydrogen-bond donors (Lipinski definition) is 0. The molecule has 10 aromatic rings. The molecule has 0 aliphatic heterocycles. The second kappa shape index (κ2) is 10.8. The van der Waals surface area contributed by atoms with Crippen LogP contribution in [0.3, 0.4) is 0 Å². The fourth-order valence-corrected chi connectivity index (χ4v) is 8.67. The lowest BCUT2D eigenvalue weighted by atomic mass is 9.95. The van der Waals surface area contributed by atoms with Gasteiger partial charge in [-0.1, -0.05) is 133 Å². The second-order valence-electron chi connectivity index (χ2n) is 12.5. The first-order valence-electron chi connectivity index (χ1n) is 16.4. The van der Waals surface area contributed by atoms with Crippen molar-refractivity contribution in [3.05, 3.63) is 176 Å². The molecule has 0 atom stereocenters. The summed E-state index contributed by atoms with van der Waals surface area (Å²) in [5, 5.41) is 12.7. The fourth-order valence-electron chi connectivity index (χ4n) is 7.58. The largest absolute Gasteiger partial charge is 0.310 e. The molecule has 10 rings (SSSR count). The average Bonchev–Trinajstić information content (AvgIpc) is 3.53. The summed E-state index contributed by atoms with van der Waals surface area (Å²) in [6, 6.07) is 64.6. The molecule has 0 saturated carbocycles. The normalized spacial score (nSPS) is 11.8. The van der Waals surface area contributed by atoms with Crippen LogP contribution in [0.5, 0.6) is 0 Å². The Balaban J connectivity index is 1.20. The fraction of sp³-hybridized carbons (Fsp3) is 0. The van der Waals surface area contributed by atoms with Gasteiger partial charge in [-0.25, -0.2) is 0 Å². The van der Waals surface area contributed by atoms with Gasteiger partial charge in [-0.15, -0.1) is 11.3 Å². The van der Waals surface area contributed by atoms with Crippen LogP contribution in [-0.2, 0) is 0 Å². The van der Waals surface area contributed by atoms with Gasteiger partial charge in [0.25, 0.3) is 0 Å². The van der Waals surface area contributed by atoms with Gasteiger partial charge in [0, 0.05) is 36.9 Å². The third kappa shape index (κ3) is 4.24. The van der Waals surface area contributed by atoms with E-state index in [0.717, 1.165) is 11.4 Å². The van der Waals surface area contributed by atoms with Crippen molar-refractivity contribution in [2.45, 2.75) is 0 Å². The summed E-state index contributed by atoms with van der Waals surface area (Å²) in [5.74, 6) is 0. The van der Waals surface area contributed by atoms with Crippen molar-refractivity contribution in [2.75, 3.05) is 4.90 Å². The molecule has 224 valence electrons. The van der Waals surface area contributed by atoms with Gasteiger partial charge < -0.3 is 4.90 Å². The molecule has 0 fully saturated rings. The molecule has 0 radical (unpaired) electrons. The van der Waals surface area contributed by atoms with Gasteiger partial charge in [-0.3, -0.25) is 0 Å². The van der Waals surface area contributed by atoms with Crippen molar-refractivity contribution in [1.82, 2.24) is 0 Å². The topological polar surface area (TPSA) is 3.24 Å². The maximum Gasteiger partial charge on any atom is 0.0540 e. The van der Waals surface area contributed by atoms with E-state index in [1.54, 1.807) is 0 Å². The SMILES string of the molecule is c1ccc2c(-c3ccc(N(c4ccc5sc6ccccc6c5c4)c4cccc5c4ccc4c6ccccc6ccc54)cc3)cccc2c1. The van der Waals surface area contributed by atoms with Gasteiger partial charge in [-0.2, -0.15) is 0 Å². The Morgan fingerprint density at radius 2 is 0.917 bits per heavy atom. The zero-order valence-electron chi connectivity index (χ0n) is 26.1. The molecule has 9 aromatic carbocycles. The maximum absolute atomic E-state index is 2.44. The molecular formula is C46H29NS. The highest BCUT2D eigenvalue weighted by Gasteiger charge is 2.18. The third-order valence-corrected chi connectivity index (χ3v) is 11.0. The Kier molecular flexibility index (Phi) is 6.12. The van der Waals surface area contributed by atoms with Crippen molar-refractivity contribution in [3.63, 3.8) is 0 Å². The van der Waals surface area contributed by atoms with Crippen molar-refractivity contribution in [2.24, 2.45) is 0 Å². The number of anilines is 3. The quantitative estimate of drug-likeness (QED) is 0.176. The van der Waals surface area contributed by atoms with Gasteiger partial charge >= 0.3 is 0 Å². The van der Waals surface area contributed by atoms with Crippen molar-refractivity contribution < 1.29 is 0 Å². The Morgan fingerprint density at radius 3 is 1.79 bits per heavy atom. The number of benzene rings is 9. The van der Waals surface area contributed by atoms with E-state index in [1.165, 1.54) is 80.1 Å². The van der Waals surface area contributed by atoms with Crippen LogP contribution in [0, 0.1) is 0 Å². The zero-order valence-corrected chi connectivity index (χ0v) is 26.9. The lowest BCUT2D eigenvalue weighted by molar-refractivity contribution is 1.31. The molecule has 1 nitrogen and oxygen atoms in total. The Labute approximate surface area is 282 Å². The van der Waals surface area contributed by atoms with E-state index in [-0.39, 0.29) is 0 Å². The van der Waals surface area contributed by atoms with E-state index < -0.39 is 0 Å². The standard InChI is InChI=1S/C46H29NS/c1-3-12-35-30(9-1)11-7-15-36(35)32-19-22-33(23-20-32)47(34-24-28-46-43(29-34)42-14-5-6-18-45(42)48-46)44-17-8-16-38-40-25-21-31-10-2-4-13-37(31)39(40)26-27-41(38)44/h1-29H. The highest BCUT2D eigenvalue weighted by molar-refractivity contribution is 7.25. The Morgan fingerprint density at radius 1 is 0.333 bits per heavy atom. The number of hydrogen-bond acceptors (Lipinski definition) is 2. The first-order chi connectivity index (χ1) is 23.8. The van der Waals surface area contributed by atoms with Crippen LogP contribution in [0.15, 0.2) is 176 Å². The number of thiophene rings is 1. The van der Waals surface area contributed by atoms with E-state index in [4.69, 9.17) is 0 Å². The molecule has 0 spiro atoms. The van der Waals surface area contributed by atoms with Crippen molar-refractivity contribution >= 4 is 91.7 Å². The zero-order chi connectivity index (χ0) is 31.6. The summed E-state index contributed by atoms with van der Waals surface area (Å²) < 4.78 is 2.63. The van der Waals surface area contributed by atoms with E-state index in [0.29, 0.717) is 0 Å². The Bertz CT molecular complexity index is 2840. The minimum atomic E-state index is 1.13. The minimum absolute atomic E-state index is 1.13. The number of rotatable bonds is 4. The molecule has 0 amide bonds. The summed E-state index contributed by atoms with van der Waals surface area (Å²) in [6.07, 6.45) is 0. The molecule has 48 heavy (non-hydrogen) atoms. The van der Waals surface area contributed by atoms with Crippen LogP contribution >= 0.6 is 11.3 Å². The smallest absolute Gasteiger partial charge is 0.0540 e. The minimum Gasteiger partial charge on any atom is -0.310 e. The van der Waals surface area contributed by atoms with Gasteiger partial charge in [0.2, 0.25) is 0 Å². The predicted molar refractivity (Wildman–Crippen MR) is 209 cm³/mol. The summed E-state index contributed by atoms with van der Waals surface area (Å²) in [4.78, 5) is 2.44. The molecule has 0 saturated heterocycles. The van der Waals surface area contributed by atoms with Crippen molar-refractivity contribution in [1.29, 1.82) is 0 Å². The molecule has 0 N–H and O–H groups in total. The van der Waals surface area contributed by atoms with E-state index in [2.05, 4.69) is 181 Å². The summed E-state index contributed by atoms with van der Waals surface area (Å²) in [7, 11) is 0. The van der Waals surface area contributed by atoms with Crippen LogP contribution in [0.25, 0.3) is 74.4 Å². The molecule has 0 aliphatic rings. The molecule has 0 aliphatic carbocycles.